The molecule has 2 N–H and O–H groups in total. The Labute approximate surface area is 162 Å². The largest absolute Gasteiger partial charge is 0.507 e. The Kier molecular flexibility index (Phi) is 5.41. The number of Topliss-reactive ketones (excluding diaryl/α,β-unsaturated/α-hetero) is 1. The zero-order chi connectivity index (χ0) is 20.3. The number of carbonyl (C=O) groups is 1. The molecule has 0 unspecified atom stereocenters. The number of carbonyl (C=O) groups excluding carboxylic acids is 1. The summed E-state index contributed by atoms with van der Waals surface area (Å²) >= 11 is 0. The zero-order valence-electron chi connectivity index (χ0n) is 15.7. The SMILES string of the molecule is CCCc1c(OCc2cccn3c(=N)c(C#N)cnc23)ccc(C(C)=O)c1O. The summed E-state index contributed by atoms with van der Waals surface area (Å²) in [5, 5.41) is 27.6. The van der Waals surface area contributed by atoms with Gasteiger partial charge in [-0.3, -0.25) is 14.6 Å². The van der Waals surface area contributed by atoms with Gasteiger partial charge in [0.25, 0.3) is 0 Å². The molecule has 1 aromatic carbocycles. The lowest BCUT2D eigenvalue weighted by atomic mass is 10.0. The molecule has 0 aliphatic heterocycles. The number of ether oxygens (including phenoxy) is 1. The predicted molar refractivity (Wildman–Crippen MR) is 102 cm³/mol. The molecule has 0 amide bonds. The van der Waals surface area contributed by atoms with Crippen LogP contribution in [0.4, 0.5) is 0 Å². The zero-order valence-corrected chi connectivity index (χ0v) is 15.7. The third-order valence-corrected chi connectivity index (χ3v) is 4.48. The van der Waals surface area contributed by atoms with Gasteiger partial charge < -0.3 is 9.84 Å². The summed E-state index contributed by atoms with van der Waals surface area (Å²) in [5.41, 5.74) is 2.38. The number of phenols is 1. The number of phenolic OH excluding ortho intramolecular Hbond substituents is 1. The summed E-state index contributed by atoms with van der Waals surface area (Å²) in [6.45, 7) is 3.56. The molecular formula is C21H20N4O3. The molecular weight excluding hydrogens is 356 g/mol. The lowest BCUT2D eigenvalue weighted by Gasteiger charge is -2.15. The van der Waals surface area contributed by atoms with E-state index in [9.17, 15) is 9.90 Å². The van der Waals surface area contributed by atoms with Crippen molar-refractivity contribution >= 4 is 11.4 Å². The second-order valence-electron chi connectivity index (χ2n) is 6.39. The quantitative estimate of drug-likeness (QED) is 0.642. The molecule has 0 atom stereocenters. The van der Waals surface area contributed by atoms with Crippen molar-refractivity contribution in [2.24, 2.45) is 0 Å². The molecule has 2 aromatic heterocycles. The van der Waals surface area contributed by atoms with Crippen molar-refractivity contribution in [3.8, 4) is 17.6 Å². The molecule has 0 aliphatic carbocycles. The fourth-order valence-corrected chi connectivity index (χ4v) is 3.07. The summed E-state index contributed by atoms with van der Waals surface area (Å²) in [5.74, 6) is 0.266. The summed E-state index contributed by atoms with van der Waals surface area (Å²) < 4.78 is 7.47. The van der Waals surface area contributed by atoms with Gasteiger partial charge in [0.05, 0.1) is 11.8 Å². The van der Waals surface area contributed by atoms with Crippen LogP contribution in [0.1, 0.15) is 47.3 Å². The highest BCUT2D eigenvalue weighted by atomic mass is 16.5. The summed E-state index contributed by atoms with van der Waals surface area (Å²) in [6, 6.07) is 8.79. The topological polar surface area (TPSA) is 111 Å². The molecule has 0 saturated heterocycles. The Morgan fingerprint density at radius 1 is 1.39 bits per heavy atom. The molecule has 142 valence electrons. The summed E-state index contributed by atoms with van der Waals surface area (Å²) in [6.07, 6.45) is 4.41. The Balaban J connectivity index is 1.98. The molecule has 28 heavy (non-hydrogen) atoms. The first kappa shape index (κ1) is 19.1. The van der Waals surface area contributed by atoms with Crippen LogP contribution in [0.15, 0.2) is 36.7 Å². The van der Waals surface area contributed by atoms with Crippen LogP contribution in [-0.4, -0.2) is 20.3 Å². The average molecular weight is 376 g/mol. The van der Waals surface area contributed by atoms with Crippen LogP contribution in [0.5, 0.6) is 11.5 Å². The standard InChI is InChI=1S/C21H20N4O3/c1-3-5-17-18(8-7-16(13(2)26)19(17)27)28-12-14-6-4-9-25-20(23)15(10-22)11-24-21(14)25/h4,6-9,11,23,27H,3,5,12H2,1-2H3. The Bertz CT molecular complexity index is 1160. The molecule has 3 aromatic rings. The van der Waals surface area contributed by atoms with Crippen molar-refractivity contribution in [2.75, 3.05) is 0 Å². The van der Waals surface area contributed by atoms with E-state index in [1.54, 1.807) is 24.4 Å². The fourth-order valence-electron chi connectivity index (χ4n) is 3.07. The van der Waals surface area contributed by atoms with Gasteiger partial charge in [-0.05, 0) is 31.5 Å². The molecule has 3 rings (SSSR count). The van der Waals surface area contributed by atoms with Crippen molar-refractivity contribution in [3.05, 3.63) is 64.4 Å². The van der Waals surface area contributed by atoms with Crippen LogP contribution in [0.25, 0.3) is 5.65 Å². The number of nitrogens with one attached hydrogen (secondary N) is 1. The number of fused-ring (bicyclic) bond motifs is 1. The van der Waals surface area contributed by atoms with E-state index in [-0.39, 0.29) is 34.8 Å². The molecule has 0 radical (unpaired) electrons. The van der Waals surface area contributed by atoms with Gasteiger partial charge >= 0.3 is 0 Å². The average Bonchev–Trinajstić information content (AvgIpc) is 2.68. The number of nitriles is 1. The number of hydrogen-bond donors (Lipinski definition) is 2. The third-order valence-electron chi connectivity index (χ3n) is 4.48. The highest BCUT2D eigenvalue weighted by Gasteiger charge is 2.16. The maximum atomic E-state index is 11.7. The van der Waals surface area contributed by atoms with Crippen molar-refractivity contribution in [2.45, 2.75) is 33.3 Å². The fraction of sp³-hybridized carbons (Fsp3) is 0.238. The number of aromatic nitrogens is 2. The highest BCUT2D eigenvalue weighted by molar-refractivity contribution is 5.97. The van der Waals surface area contributed by atoms with Crippen molar-refractivity contribution < 1.29 is 14.6 Å². The number of ketones is 1. The Hall–Kier alpha value is -3.66. The summed E-state index contributed by atoms with van der Waals surface area (Å²) in [4.78, 5) is 16.0. The first-order chi connectivity index (χ1) is 13.5. The first-order valence-corrected chi connectivity index (χ1v) is 8.90. The van der Waals surface area contributed by atoms with E-state index in [0.717, 1.165) is 12.0 Å². The molecule has 7 heteroatoms. The van der Waals surface area contributed by atoms with E-state index in [1.807, 2.05) is 19.1 Å². The second kappa shape index (κ2) is 7.92. The number of pyridine rings is 1. The second-order valence-corrected chi connectivity index (χ2v) is 6.39. The van der Waals surface area contributed by atoms with Gasteiger partial charge in [-0.1, -0.05) is 19.4 Å². The van der Waals surface area contributed by atoms with Gasteiger partial charge in [-0.15, -0.1) is 0 Å². The van der Waals surface area contributed by atoms with Crippen molar-refractivity contribution in [3.63, 3.8) is 0 Å². The lowest BCUT2D eigenvalue weighted by Crippen LogP contribution is -2.19. The molecule has 2 heterocycles. The number of benzene rings is 1. The van der Waals surface area contributed by atoms with E-state index in [1.165, 1.54) is 17.5 Å². The smallest absolute Gasteiger partial charge is 0.163 e. The van der Waals surface area contributed by atoms with Gasteiger partial charge in [0.2, 0.25) is 0 Å². The molecule has 0 aliphatic rings. The highest BCUT2D eigenvalue weighted by Crippen LogP contribution is 2.33. The van der Waals surface area contributed by atoms with Gasteiger partial charge in [-0.2, -0.15) is 5.26 Å². The van der Waals surface area contributed by atoms with Crippen LogP contribution in [0.3, 0.4) is 0 Å². The van der Waals surface area contributed by atoms with Gasteiger partial charge in [0.15, 0.2) is 5.78 Å². The number of nitrogens with zero attached hydrogens (tertiary/aromatic N) is 3. The van der Waals surface area contributed by atoms with Gasteiger partial charge in [0.1, 0.15) is 40.9 Å². The van der Waals surface area contributed by atoms with Gasteiger partial charge in [-0.25, -0.2) is 4.98 Å². The molecule has 0 bridgehead atoms. The van der Waals surface area contributed by atoms with E-state index in [0.29, 0.717) is 23.4 Å². The van der Waals surface area contributed by atoms with E-state index < -0.39 is 0 Å². The van der Waals surface area contributed by atoms with Crippen LogP contribution in [-0.2, 0) is 13.0 Å². The van der Waals surface area contributed by atoms with E-state index in [4.69, 9.17) is 15.4 Å². The van der Waals surface area contributed by atoms with Crippen LogP contribution < -0.4 is 10.2 Å². The lowest BCUT2D eigenvalue weighted by molar-refractivity contribution is 0.101. The molecule has 7 nitrogen and oxygen atoms in total. The Morgan fingerprint density at radius 3 is 2.86 bits per heavy atom. The number of rotatable bonds is 6. The first-order valence-electron chi connectivity index (χ1n) is 8.90. The van der Waals surface area contributed by atoms with E-state index in [2.05, 4.69) is 4.98 Å². The molecule has 0 spiro atoms. The minimum atomic E-state index is -0.202. The molecule has 0 fully saturated rings. The van der Waals surface area contributed by atoms with Crippen molar-refractivity contribution in [1.29, 1.82) is 10.7 Å². The van der Waals surface area contributed by atoms with Gasteiger partial charge in [0, 0.05) is 17.3 Å². The number of aromatic hydroxyl groups is 1. The normalized spacial score (nSPS) is 10.6. The maximum absolute atomic E-state index is 11.7. The van der Waals surface area contributed by atoms with Crippen LogP contribution in [0, 0.1) is 16.7 Å². The van der Waals surface area contributed by atoms with Crippen molar-refractivity contribution in [1.82, 2.24) is 9.38 Å². The molecule has 0 saturated carbocycles. The summed E-state index contributed by atoms with van der Waals surface area (Å²) in [7, 11) is 0. The minimum absolute atomic E-state index is 0.0376. The Morgan fingerprint density at radius 2 is 2.18 bits per heavy atom. The number of hydrogen-bond acceptors (Lipinski definition) is 6. The minimum Gasteiger partial charge on any atom is -0.507 e. The predicted octanol–water partition coefficient (Wildman–Crippen LogP) is 3.13. The monoisotopic (exact) mass is 376 g/mol. The maximum Gasteiger partial charge on any atom is 0.163 e. The van der Waals surface area contributed by atoms with E-state index >= 15 is 0 Å². The third kappa shape index (κ3) is 3.45. The van der Waals surface area contributed by atoms with Crippen LogP contribution >= 0.6 is 0 Å². The van der Waals surface area contributed by atoms with Crippen LogP contribution in [0.2, 0.25) is 0 Å².